The summed E-state index contributed by atoms with van der Waals surface area (Å²) in [5, 5.41) is 5.59. The molecule has 0 fully saturated rings. The first-order valence-corrected chi connectivity index (χ1v) is 7.91. The number of nitrogens with one attached hydrogen (secondary N) is 2. The number of furan rings is 1. The van der Waals surface area contributed by atoms with Crippen LogP contribution < -0.4 is 10.6 Å². The second-order valence-electron chi connectivity index (χ2n) is 5.66. The smallest absolute Gasteiger partial charge is 0.291 e. The van der Waals surface area contributed by atoms with Gasteiger partial charge in [-0.2, -0.15) is 0 Å². The third-order valence-corrected chi connectivity index (χ3v) is 3.76. The lowest BCUT2D eigenvalue weighted by atomic mass is 10.1. The molecule has 0 atom stereocenters. The Kier molecular flexibility index (Phi) is 4.95. The Hall–Kier alpha value is -3.34. The third kappa shape index (κ3) is 4.35. The summed E-state index contributed by atoms with van der Waals surface area (Å²) >= 11 is 0. The Morgan fingerprint density at radius 3 is 2.40 bits per heavy atom. The van der Waals surface area contributed by atoms with Gasteiger partial charge >= 0.3 is 0 Å². The fourth-order valence-electron chi connectivity index (χ4n) is 2.46. The van der Waals surface area contributed by atoms with Crippen molar-refractivity contribution < 1.29 is 14.0 Å². The zero-order chi connectivity index (χ0) is 17.6. The molecule has 1 aromatic heterocycles. The maximum Gasteiger partial charge on any atom is 0.291 e. The number of carbonyl (C=O) groups is 2. The Morgan fingerprint density at radius 2 is 1.68 bits per heavy atom. The van der Waals surface area contributed by atoms with Gasteiger partial charge in [0, 0.05) is 11.4 Å². The van der Waals surface area contributed by atoms with E-state index in [1.54, 1.807) is 36.4 Å². The zero-order valence-corrected chi connectivity index (χ0v) is 13.8. The Labute approximate surface area is 145 Å². The second-order valence-corrected chi connectivity index (χ2v) is 5.66. The molecule has 0 radical (unpaired) electrons. The highest BCUT2D eigenvalue weighted by molar-refractivity contribution is 6.02. The van der Waals surface area contributed by atoms with E-state index in [0.717, 1.165) is 11.1 Å². The van der Waals surface area contributed by atoms with Gasteiger partial charge in [-0.1, -0.05) is 30.3 Å². The van der Waals surface area contributed by atoms with Gasteiger partial charge in [0.05, 0.1) is 12.7 Å². The number of carbonyl (C=O) groups excluding carboxylic acids is 2. The Bertz CT molecular complexity index is 885. The minimum Gasteiger partial charge on any atom is -0.459 e. The third-order valence-electron chi connectivity index (χ3n) is 3.76. The molecule has 5 nitrogen and oxygen atoms in total. The van der Waals surface area contributed by atoms with Gasteiger partial charge in [-0.3, -0.25) is 9.59 Å². The lowest BCUT2D eigenvalue weighted by Gasteiger charge is -2.09. The number of hydrogen-bond acceptors (Lipinski definition) is 3. The minimum atomic E-state index is -0.339. The predicted molar refractivity (Wildman–Crippen MR) is 96.6 cm³/mol. The molecule has 0 aliphatic heterocycles. The summed E-state index contributed by atoms with van der Waals surface area (Å²) in [7, 11) is 0. The van der Waals surface area contributed by atoms with Crippen molar-refractivity contribution in [2.45, 2.75) is 13.3 Å². The molecule has 0 spiro atoms. The highest BCUT2D eigenvalue weighted by Crippen LogP contribution is 2.17. The molecule has 2 aromatic carbocycles. The van der Waals surface area contributed by atoms with E-state index in [0.29, 0.717) is 17.8 Å². The summed E-state index contributed by atoms with van der Waals surface area (Å²) in [5.74, 6) is -0.216. The predicted octanol–water partition coefficient (Wildman–Crippen LogP) is 4.02. The average molecular weight is 334 g/mol. The van der Waals surface area contributed by atoms with Crippen molar-refractivity contribution in [2.24, 2.45) is 0 Å². The van der Waals surface area contributed by atoms with E-state index in [9.17, 15) is 9.59 Å². The van der Waals surface area contributed by atoms with Crippen molar-refractivity contribution in [3.63, 3.8) is 0 Å². The zero-order valence-electron chi connectivity index (χ0n) is 13.8. The second kappa shape index (κ2) is 7.49. The maximum atomic E-state index is 12.2. The van der Waals surface area contributed by atoms with Gasteiger partial charge in [0.2, 0.25) is 5.91 Å². The van der Waals surface area contributed by atoms with Gasteiger partial charge in [-0.05, 0) is 48.4 Å². The SMILES string of the molecule is Cc1ccccc1CC(=O)Nc1cccc(NC(=O)c2ccco2)c1. The molecule has 5 heteroatoms. The number of anilines is 2. The van der Waals surface area contributed by atoms with Gasteiger partial charge < -0.3 is 15.1 Å². The molecule has 3 aromatic rings. The van der Waals surface area contributed by atoms with E-state index in [2.05, 4.69) is 10.6 Å². The maximum absolute atomic E-state index is 12.2. The molecule has 25 heavy (non-hydrogen) atoms. The molecule has 0 saturated heterocycles. The van der Waals surface area contributed by atoms with Crippen molar-refractivity contribution in [1.82, 2.24) is 0 Å². The van der Waals surface area contributed by atoms with Crippen LogP contribution in [0.4, 0.5) is 11.4 Å². The molecule has 0 aliphatic rings. The van der Waals surface area contributed by atoms with Crippen molar-refractivity contribution in [3.8, 4) is 0 Å². The highest BCUT2D eigenvalue weighted by Gasteiger charge is 2.10. The van der Waals surface area contributed by atoms with Gasteiger partial charge in [-0.15, -0.1) is 0 Å². The molecule has 0 unspecified atom stereocenters. The normalized spacial score (nSPS) is 10.3. The summed E-state index contributed by atoms with van der Waals surface area (Å²) < 4.78 is 5.06. The van der Waals surface area contributed by atoms with Crippen LogP contribution in [-0.4, -0.2) is 11.8 Å². The molecule has 0 saturated carbocycles. The summed E-state index contributed by atoms with van der Waals surface area (Å²) in [6, 6.07) is 18.0. The summed E-state index contributed by atoms with van der Waals surface area (Å²) in [5.41, 5.74) is 3.27. The first-order chi connectivity index (χ1) is 12.1. The molecule has 0 aliphatic carbocycles. The fourth-order valence-corrected chi connectivity index (χ4v) is 2.46. The van der Waals surface area contributed by atoms with Crippen LogP contribution >= 0.6 is 0 Å². The molecule has 1 heterocycles. The van der Waals surface area contributed by atoms with E-state index in [-0.39, 0.29) is 17.6 Å². The Balaban J connectivity index is 1.64. The minimum absolute atomic E-state index is 0.108. The van der Waals surface area contributed by atoms with E-state index >= 15 is 0 Å². The number of benzene rings is 2. The average Bonchev–Trinajstić information content (AvgIpc) is 3.12. The van der Waals surface area contributed by atoms with Gasteiger partial charge in [-0.25, -0.2) is 0 Å². The first-order valence-electron chi connectivity index (χ1n) is 7.91. The summed E-state index contributed by atoms with van der Waals surface area (Å²) in [4.78, 5) is 24.2. The number of hydrogen-bond donors (Lipinski definition) is 2. The Morgan fingerprint density at radius 1 is 0.920 bits per heavy atom. The van der Waals surface area contributed by atoms with Crippen molar-refractivity contribution in [2.75, 3.05) is 10.6 Å². The van der Waals surface area contributed by atoms with Gasteiger partial charge in [0.1, 0.15) is 0 Å². The van der Waals surface area contributed by atoms with Crippen LogP contribution in [-0.2, 0) is 11.2 Å². The van der Waals surface area contributed by atoms with Crippen molar-refractivity contribution >= 4 is 23.2 Å². The molecule has 3 rings (SSSR count). The van der Waals surface area contributed by atoms with Crippen LogP contribution in [0.15, 0.2) is 71.3 Å². The monoisotopic (exact) mass is 334 g/mol. The standard InChI is InChI=1S/C20H18N2O3/c1-14-6-2-3-7-15(14)12-19(23)21-16-8-4-9-17(13-16)22-20(24)18-10-5-11-25-18/h2-11,13H,12H2,1H3,(H,21,23)(H,22,24). The lowest BCUT2D eigenvalue weighted by Crippen LogP contribution is -2.15. The summed E-state index contributed by atoms with van der Waals surface area (Å²) in [6.07, 6.45) is 1.74. The van der Waals surface area contributed by atoms with Gasteiger partial charge in [0.15, 0.2) is 5.76 Å². The van der Waals surface area contributed by atoms with Crippen LogP contribution in [0.3, 0.4) is 0 Å². The quantitative estimate of drug-likeness (QED) is 0.740. The van der Waals surface area contributed by atoms with E-state index < -0.39 is 0 Å². The molecule has 2 N–H and O–H groups in total. The van der Waals surface area contributed by atoms with Crippen LogP contribution in [0, 0.1) is 6.92 Å². The molecular formula is C20H18N2O3. The van der Waals surface area contributed by atoms with Crippen molar-refractivity contribution in [1.29, 1.82) is 0 Å². The highest BCUT2D eigenvalue weighted by atomic mass is 16.3. The molecular weight excluding hydrogens is 316 g/mol. The molecule has 2 amide bonds. The largest absolute Gasteiger partial charge is 0.459 e. The van der Waals surface area contributed by atoms with Gasteiger partial charge in [0.25, 0.3) is 5.91 Å². The topological polar surface area (TPSA) is 71.3 Å². The first kappa shape index (κ1) is 16.5. The van der Waals surface area contributed by atoms with Crippen LogP contribution in [0.5, 0.6) is 0 Å². The fraction of sp³-hybridized carbons (Fsp3) is 0.100. The molecule has 126 valence electrons. The molecule has 0 bridgehead atoms. The number of rotatable bonds is 5. The van der Waals surface area contributed by atoms with E-state index in [1.807, 2.05) is 31.2 Å². The number of amides is 2. The lowest BCUT2D eigenvalue weighted by molar-refractivity contribution is -0.115. The van der Waals surface area contributed by atoms with Crippen molar-refractivity contribution in [3.05, 3.63) is 83.8 Å². The van der Waals surface area contributed by atoms with Crippen LogP contribution in [0.25, 0.3) is 0 Å². The summed E-state index contributed by atoms with van der Waals surface area (Å²) in [6.45, 7) is 1.98. The van der Waals surface area contributed by atoms with Crippen LogP contribution in [0.2, 0.25) is 0 Å². The van der Waals surface area contributed by atoms with E-state index in [4.69, 9.17) is 4.42 Å². The van der Waals surface area contributed by atoms with Crippen LogP contribution in [0.1, 0.15) is 21.7 Å². The number of aryl methyl sites for hydroxylation is 1. The van der Waals surface area contributed by atoms with E-state index in [1.165, 1.54) is 6.26 Å².